The first kappa shape index (κ1) is 14.6. The second-order valence-electron chi connectivity index (χ2n) is 4.98. The van der Waals surface area contributed by atoms with Gasteiger partial charge in [0.2, 0.25) is 0 Å². The van der Waals surface area contributed by atoms with Crippen molar-refractivity contribution in [3.05, 3.63) is 56.7 Å². The molecule has 0 spiro atoms. The van der Waals surface area contributed by atoms with E-state index in [0.29, 0.717) is 5.02 Å². The summed E-state index contributed by atoms with van der Waals surface area (Å²) >= 11 is 7.94. The van der Waals surface area contributed by atoms with Crippen LogP contribution in [0.4, 0.5) is 0 Å². The van der Waals surface area contributed by atoms with Gasteiger partial charge in [0, 0.05) is 28.4 Å². The van der Waals surface area contributed by atoms with E-state index in [4.69, 9.17) is 16.3 Å². The number of esters is 1. The molecule has 5 heteroatoms. The van der Waals surface area contributed by atoms with Gasteiger partial charge in [-0.3, -0.25) is 4.90 Å². The van der Waals surface area contributed by atoms with E-state index < -0.39 is 6.04 Å². The maximum absolute atomic E-state index is 12.3. The lowest BCUT2D eigenvalue weighted by Gasteiger charge is -2.33. The highest BCUT2D eigenvalue weighted by Crippen LogP contribution is 2.33. The van der Waals surface area contributed by atoms with Crippen molar-refractivity contribution in [1.82, 2.24) is 4.90 Å². The molecule has 0 fully saturated rings. The van der Waals surface area contributed by atoms with Gasteiger partial charge in [-0.1, -0.05) is 29.8 Å². The van der Waals surface area contributed by atoms with E-state index in [-0.39, 0.29) is 5.97 Å². The van der Waals surface area contributed by atoms with Gasteiger partial charge in [-0.25, -0.2) is 4.79 Å². The summed E-state index contributed by atoms with van der Waals surface area (Å²) in [6, 6.07) is 9.00. The summed E-state index contributed by atoms with van der Waals surface area (Å²) in [6.45, 7) is 1.53. The number of halogens is 1. The molecule has 0 bridgehead atoms. The Hall–Kier alpha value is -1.36. The molecule has 0 amide bonds. The second-order valence-corrected chi connectivity index (χ2v) is 6.32. The molecule has 1 aliphatic heterocycles. The molecule has 0 unspecified atom stereocenters. The smallest absolute Gasteiger partial charge is 0.327 e. The van der Waals surface area contributed by atoms with Crippen molar-refractivity contribution in [3.63, 3.8) is 0 Å². The van der Waals surface area contributed by atoms with Crippen molar-refractivity contribution in [1.29, 1.82) is 0 Å². The van der Waals surface area contributed by atoms with Gasteiger partial charge in [-0.15, -0.1) is 11.3 Å². The molecule has 2 heterocycles. The van der Waals surface area contributed by atoms with Crippen LogP contribution in [0.25, 0.3) is 0 Å². The lowest BCUT2D eigenvalue weighted by atomic mass is 10.0. The maximum atomic E-state index is 12.3. The van der Waals surface area contributed by atoms with E-state index in [2.05, 4.69) is 10.3 Å². The lowest BCUT2D eigenvalue weighted by Crippen LogP contribution is -2.38. The summed E-state index contributed by atoms with van der Waals surface area (Å²) in [5, 5.41) is 3.76. The summed E-state index contributed by atoms with van der Waals surface area (Å²) in [4.78, 5) is 15.8. The Bertz CT molecular complexity index is 655. The molecule has 1 atom stereocenters. The van der Waals surface area contributed by atoms with Crippen LogP contribution < -0.4 is 0 Å². The molecule has 2 aromatic rings. The number of fused-ring (bicyclic) bond motifs is 1. The Balaban J connectivity index is 1.94. The number of carbonyl (C=O) groups is 1. The van der Waals surface area contributed by atoms with Crippen LogP contribution in [0.15, 0.2) is 30.3 Å². The molecule has 0 saturated carbocycles. The third-order valence-electron chi connectivity index (χ3n) is 3.76. The minimum absolute atomic E-state index is 0.272. The van der Waals surface area contributed by atoms with Crippen LogP contribution in [0.5, 0.6) is 0 Å². The lowest BCUT2D eigenvalue weighted by molar-refractivity contribution is -0.147. The van der Waals surface area contributed by atoms with Gasteiger partial charge in [-0.2, -0.15) is 0 Å². The van der Waals surface area contributed by atoms with Gasteiger partial charge in [0.05, 0.1) is 7.11 Å². The number of rotatable bonds is 3. The summed E-state index contributed by atoms with van der Waals surface area (Å²) in [6.07, 6.45) is 0.932. The van der Waals surface area contributed by atoms with E-state index in [0.717, 1.165) is 25.1 Å². The van der Waals surface area contributed by atoms with Crippen LogP contribution in [0.1, 0.15) is 22.0 Å². The van der Waals surface area contributed by atoms with E-state index in [1.54, 1.807) is 17.4 Å². The van der Waals surface area contributed by atoms with Crippen LogP contribution in [0, 0.1) is 5.38 Å². The number of thiophene rings is 1. The molecular weight excluding hydrogens is 306 g/mol. The van der Waals surface area contributed by atoms with E-state index in [9.17, 15) is 4.79 Å². The van der Waals surface area contributed by atoms with E-state index >= 15 is 0 Å². The first-order chi connectivity index (χ1) is 10.2. The predicted octanol–water partition coefficient (Wildman–Crippen LogP) is 3.47. The number of nitrogens with zero attached hydrogens (tertiary/aromatic N) is 1. The molecule has 0 aliphatic carbocycles. The standard InChI is InChI=1S/C16H15ClNO2S/c1-20-16(19)15(12-4-2-3-5-13(12)17)18-8-6-14-11(10-18)7-9-21-14/h2-5,7,15H,6,8,10H2,1H3/t15-/m0/s1. The number of hydrogen-bond acceptors (Lipinski definition) is 4. The van der Waals surface area contributed by atoms with Crippen LogP contribution in [0.2, 0.25) is 5.02 Å². The molecule has 0 saturated heterocycles. The number of hydrogen-bond donors (Lipinski definition) is 0. The predicted molar refractivity (Wildman–Crippen MR) is 83.5 cm³/mol. The molecule has 1 aliphatic rings. The van der Waals surface area contributed by atoms with Gasteiger partial charge in [-0.05, 0) is 29.7 Å². The van der Waals surface area contributed by atoms with Gasteiger partial charge >= 0.3 is 5.97 Å². The zero-order valence-electron chi connectivity index (χ0n) is 11.6. The van der Waals surface area contributed by atoms with Crippen molar-refractivity contribution in [2.75, 3.05) is 13.7 Å². The maximum Gasteiger partial charge on any atom is 0.327 e. The van der Waals surface area contributed by atoms with E-state index in [1.165, 1.54) is 17.6 Å². The topological polar surface area (TPSA) is 29.5 Å². The fraction of sp³-hybridized carbons (Fsp3) is 0.312. The van der Waals surface area contributed by atoms with Gasteiger partial charge in [0.25, 0.3) is 0 Å². The molecule has 1 aromatic heterocycles. The van der Waals surface area contributed by atoms with Gasteiger partial charge in [0.15, 0.2) is 0 Å². The molecule has 1 radical (unpaired) electrons. The number of methoxy groups -OCH3 is 1. The Labute approximate surface area is 133 Å². The molecule has 3 nitrogen and oxygen atoms in total. The molecule has 109 valence electrons. The van der Waals surface area contributed by atoms with Crippen LogP contribution >= 0.6 is 22.9 Å². The summed E-state index contributed by atoms with van der Waals surface area (Å²) in [7, 11) is 1.42. The van der Waals surface area contributed by atoms with Crippen molar-refractivity contribution in [2.45, 2.75) is 19.0 Å². The van der Waals surface area contributed by atoms with Crippen LogP contribution in [0.3, 0.4) is 0 Å². The zero-order valence-corrected chi connectivity index (χ0v) is 13.2. The Morgan fingerprint density at radius 1 is 1.48 bits per heavy atom. The van der Waals surface area contributed by atoms with Gasteiger partial charge in [0.1, 0.15) is 6.04 Å². The second kappa shape index (κ2) is 6.18. The minimum Gasteiger partial charge on any atom is -0.468 e. The Morgan fingerprint density at radius 2 is 2.29 bits per heavy atom. The first-order valence-electron chi connectivity index (χ1n) is 6.74. The third kappa shape index (κ3) is 2.84. The number of benzene rings is 1. The Kier molecular flexibility index (Phi) is 4.29. The van der Waals surface area contributed by atoms with Crippen molar-refractivity contribution >= 4 is 28.9 Å². The molecule has 0 N–H and O–H groups in total. The van der Waals surface area contributed by atoms with Crippen molar-refractivity contribution in [2.24, 2.45) is 0 Å². The van der Waals surface area contributed by atoms with Gasteiger partial charge < -0.3 is 4.74 Å². The van der Waals surface area contributed by atoms with Crippen molar-refractivity contribution in [3.8, 4) is 0 Å². The quantitative estimate of drug-likeness (QED) is 0.811. The zero-order chi connectivity index (χ0) is 14.8. The number of carbonyl (C=O) groups excluding carboxylic acids is 1. The van der Waals surface area contributed by atoms with Crippen molar-refractivity contribution < 1.29 is 9.53 Å². The SMILES string of the molecule is COC(=O)[C@H](c1ccccc1Cl)N1CCc2s[c]cc2C1. The van der Waals surface area contributed by atoms with E-state index in [1.807, 2.05) is 24.3 Å². The molecule has 1 aromatic carbocycles. The monoisotopic (exact) mass is 320 g/mol. The molecular formula is C16H15ClNO2S. The minimum atomic E-state index is -0.461. The fourth-order valence-electron chi connectivity index (χ4n) is 2.71. The summed E-state index contributed by atoms with van der Waals surface area (Å²) < 4.78 is 5.00. The average molecular weight is 321 g/mol. The summed E-state index contributed by atoms with van der Waals surface area (Å²) in [5.74, 6) is -0.272. The van der Waals surface area contributed by atoms with Crippen LogP contribution in [-0.4, -0.2) is 24.5 Å². The largest absolute Gasteiger partial charge is 0.468 e. The highest BCUT2D eigenvalue weighted by atomic mass is 35.5. The Morgan fingerprint density at radius 3 is 3.05 bits per heavy atom. The fourth-order valence-corrected chi connectivity index (χ4v) is 3.74. The average Bonchev–Trinajstić information content (AvgIpc) is 2.97. The van der Waals surface area contributed by atoms with Crippen LogP contribution in [-0.2, 0) is 22.5 Å². The molecule has 3 rings (SSSR count). The highest BCUT2D eigenvalue weighted by molar-refractivity contribution is 7.09. The first-order valence-corrected chi connectivity index (χ1v) is 7.94. The normalized spacial score (nSPS) is 16.3. The third-order valence-corrected chi connectivity index (χ3v) is 5.05. The number of ether oxygens (including phenoxy) is 1. The summed E-state index contributed by atoms with van der Waals surface area (Å²) in [5.41, 5.74) is 2.04. The molecule has 21 heavy (non-hydrogen) atoms. The highest BCUT2D eigenvalue weighted by Gasteiger charge is 2.32.